The number of hydrogen-bond acceptors (Lipinski definition) is 8. The van der Waals surface area contributed by atoms with E-state index >= 15 is 0 Å². The van der Waals surface area contributed by atoms with Gasteiger partial charge in [0.25, 0.3) is 0 Å². The highest BCUT2D eigenvalue weighted by atomic mass is 19.4. The van der Waals surface area contributed by atoms with Gasteiger partial charge in [-0.2, -0.15) is 31.3 Å². The van der Waals surface area contributed by atoms with Crippen molar-refractivity contribution in [2.24, 2.45) is 11.8 Å². The first-order valence-electron chi connectivity index (χ1n) is 10.9. The molecule has 1 aliphatic carbocycles. The maximum Gasteiger partial charge on any atom is 0.433 e. The Bertz CT molecular complexity index is 1210. The van der Waals surface area contributed by atoms with Crippen LogP contribution in [0.3, 0.4) is 0 Å². The number of fused-ring (bicyclic) bond motifs is 3. The number of anilines is 2. The quantitative estimate of drug-likeness (QED) is 0.519. The van der Waals surface area contributed by atoms with Crippen LogP contribution in [0, 0.1) is 18.8 Å². The van der Waals surface area contributed by atoms with E-state index in [1.54, 1.807) is 6.92 Å². The Balaban J connectivity index is 1.42. The van der Waals surface area contributed by atoms with Crippen molar-refractivity contribution in [2.75, 3.05) is 23.3 Å². The predicted octanol–water partition coefficient (Wildman–Crippen LogP) is 4.10. The van der Waals surface area contributed by atoms with Crippen molar-refractivity contribution in [1.82, 2.24) is 24.8 Å². The molecule has 2 aliphatic rings. The van der Waals surface area contributed by atoms with Gasteiger partial charge in [-0.15, -0.1) is 10.2 Å². The Morgan fingerprint density at radius 2 is 1.77 bits per heavy atom. The van der Waals surface area contributed by atoms with Gasteiger partial charge in [0.1, 0.15) is 5.69 Å². The van der Waals surface area contributed by atoms with E-state index in [1.807, 2.05) is 4.90 Å². The maximum absolute atomic E-state index is 13.6. The molecular formula is C20H21F6N7O2. The van der Waals surface area contributed by atoms with Crippen LogP contribution in [-0.4, -0.2) is 56.2 Å². The number of ether oxygens (including phenoxy) is 1. The molecule has 0 aromatic carbocycles. The van der Waals surface area contributed by atoms with E-state index < -0.39 is 35.5 Å². The molecule has 1 N–H and O–H groups in total. The lowest BCUT2D eigenvalue weighted by Crippen LogP contribution is -2.48. The third-order valence-electron chi connectivity index (χ3n) is 6.42. The zero-order valence-electron chi connectivity index (χ0n) is 18.6. The van der Waals surface area contributed by atoms with Gasteiger partial charge in [0, 0.05) is 26.1 Å². The lowest BCUT2D eigenvalue weighted by molar-refractivity contribution is -0.189. The lowest BCUT2D eigenvalue weighted by atomic mass is 9.92. The van der Waals surface area contributed by atoms with Gasteiger partial charge in [0.15, 0.2) is 17.5 Å². The molecule has 3 aromatic heterocycles. The van der Waals surface area contributed by atoms with Crippen LogP contribution in [0.1, 0.15) is 31.4 Å². The first kappa shape index (κ1) is 23.5. The summed E-state index contributed by atoms with van der Waals surface area (Å²) in [5.41, 5.74) is -1.63. The van der Waals surface area contributed by atoms with Gasteiger partial charge in [-0.05, 0) is 43.7 Å². The van der Waals surface area contributed by atoms with Crippen LogP contribution in [0.5, 0.6) is 5.75 Å². The molecule has 0 radical (unpaired) electrons. The van der Waals surface area contributed by atoms with Crippen LogP contribution >= 0.6 is 0 Å². The normalized spacial score (nSPS) is 23.7. The molecule has 4 atom stereocenters. The topological polar surface area (TPSA) is 93.6 Å². The molecule has 1 saturated heterocycles. The Labute approximate surface area is 194 Å². The van der Waals surface area contributed by atoms with Crippen LogP contribution in [0.2, 0.25) is 0 Å². The van der Waals surface area contributed by atoms with Crippen molar-refractivity contribution in [2.45, 2.75) is 51.2 Å². The second-order valence-corrected chi connectivity index (χ2v) is 8.83. The third-order valence-corrected chi connectivity index (χ3v) is 6.42. The Hall–Kier alpha value is -3.26. The summed E-state index contributed by atoms with van der Waals surface area (Å²) < 4.78 is 90.5. The van der Waals surface area contributed by atoms with Gasteiger partial charge in [-0.3, -0.25) is 0 Å². The maximum atomic E-state index is 13.6. The predicted molar refractivity (Wildman–Crippen MR) is 109 cm³/mol. The number of alkyl halides is 6. The lowest BCUT2D eigenvalue weighted by Gasteiger charge is -2.37. The fourth-order valence-corrected chi connectivity index (χ4v) is 4.74. The number of halogens is 6. The van der Waals surface area contributed by atoms with Crippen LogP contribution in [-0.2, 0) is 6.18 Å². The van der Waals surface area contributed by atoms with E-state index in [-0.39, 0.29) is 23.8 Å². The molecule has 4 heterocycles. The monoisotopic (exact) mass is 505 g/mol. The molecular weight excluding hydrogens is 484 g/mol. The molecule has 2 unspecified atom stereocenters. The number of nitrogens with zero attached hydrogens (tertiary/aromatic N) is 6. The van der Waals surface area contributed by atoms with Gasteiger partial charge in [0.05, 0.1) is 0 Å². The minimum atomic E-state index is -4.80. The van der Waals surface area contributed by atoms with Crippen LogP contribution < -0.4 is 15.0 Å². The minimum absolute atomic E-state index is 0.107. The summed E-state index contributed by atoms with van der Waals surface area (Å²) in [6, 6.07) is 1.73. The zero-order valence-corrected chi connectivity index (χ0v) is 18.6. The Morgan fingerprint density at radius 1 is 1.09 bits per heavy atom. The molecule has 5 rings (SSSR count). The summed E-state index contributed by atoms with van der Waals surface area (Å²) in [6.07, 6.45) is -10.0. The summed E-state index contributed by atoms with van der Waals surface area (Å²) in [6.45, 7) is 3.64. The van der Waals surface area contributed by atoms with Gasteiger partial charge in [-0.25, -0.2) is 4.52 Å². The molecule has 2 fully saturated rings. The molecule has 3 aromatic rings. The zero-order chi connectivity index (χ0) is 25.1. The second kappa shape index (κ2) is 8.16. The number of rotatable bonds is 5. The van der Waals surface area contributed by atoms with E-state index in [9.17, 15) is 26.3 Å². The SMILES string of the molecule is Cc1nnc(N2CC3CC[C@@H](C2)C3Nc2nc3c(O[C@H](C)C(F)(F)F)ccc(C(F)(F)F)n3n2)o1. The molecule has 0 spiro atoms. The minimum Gasteiger partial charge on any atom is -0.477 e. The largest absolute Gasteiger partial charge is 0.477 e. The van der Waals surface area contributed by atoms with E-state index in [4.69, 9.17) is 9.15 Å². The number of pyridine rings is 1. The van der Waals surface area contributed by atoms with Gasteiger partial charge < -0.3 is 19.4 Å². The highest BCUT2D eigenvalue weighted by Gasteiger charge is 2.44. The summed E-state index contributed by atoms with van der Waals surface area (Å²) in [7, 11) is 0. The average Bonchev–Trinajstić information content (AvgIpc) is 3.43. The third kappa shape index (κ3) is 4.43. The van der Waals surface area contributed by atoms with Crippen LogP contribution in [0.15, 0.2) is 16.5 Å². The van der Waals surface area contributed by atoms with E-state index in [2.05, 4.69) is 25.6 Å². The Morgan fingerprint density at radius 3 is 2.34 bits per heavy atom. The van der Waals surface area contributed by atoms with Crippen LogP contribution in [0.25, 0.3) is 5.65 Å². The number of aryl methyl sites for hydroxylation is 1. The highest BCUT2D eigenvalue weighted by molar-refractivity contribution is 5.57. The molecule has 190 valence electrons. The fraction of sp³-hybridized carbons (Fsp3) is 0.600. The van der Waals surface area contributed by atoms with Crippen molar-refractivity contribution in [3.63, 3.8) is 0 Å². The first-order valence-corrected chi connectivity index (χ1v) is 10.9. The smallest absolute Gasteiger partial charge is 0.433 e. The molecule has 35 heavy (non-hydrogen) atoms. The van der Waals surface area contributed by atoms with Gasteiger partial charge in [0.2, 0.25) is 11.8 Å². The summed E-state index contributed by atoms with van der Waals surface area (Å²) in [4.78, 5) is 6.06. The number of aromatic nitrogens is 5. The second-order valence-electron chi connectivity index (χ2n) is 8.83. The molecule has 1 aliphatic heterocycles. The molecule has 15 heteroatoms. The van der Waals surface area contributed by atoms with Crippen LogP contribution in [0.4, 0.5) is 38.3 Å². The standard InChI is InChI=1S/C20H21F6N7O2/c1-9(19(21,22)23)34-13-5-6-14(20(24,25)26)33-16(13)28-17(31-33)27-15-11-3-4-12(15)8-32(7-11)18-30-29-10(2)35-18/h5-6,9,11-12,15H,3-4,7-8H2,1-2H3,(H,27,31)/t9-,11+,12?,15?/m1/s1. The van der Waals surface area contributed by atoms with Crippen molar-refractivity contribution in [1.29, 1.82) is 0 Å². The van der Waals surface area contributed by atoms with Crippen molar-refractivity contribution in [3.8, 4) is 5.75 Å². The van der Waals surface area contributed by atoms with Crippen molar-refractivity contribution < 1.29 is 35.5 Å². The van der Waals surface area contributed by atoms with E-state index in [1.165, 1.54) is 0 Å². The molecule has 9 nitrogen and oxygen atoms in total. The number of piperidine rings is 1. The first-order chi connectivity index (χ1) is 16.4. The Kier molecular flexibility index (Phi) is 5.47. The van der Waals surface area contributed by atoms with Gasteiger partial charge >= 0.3 is 18.4 Å². The van der Waals surface area contributed by atoms with Crippen molar-refractivity contribution in [3.05, 3.63) is 23.7 Å². The molecule has 2 bridgehead atoms. The molecule has 0 amide bonds. The highest BCUT2D eigenvalue weighted by Crippen LogP contribution is 2.40. The summed E-state index contributed by atoms with van der Waals surface area (Å²) in [5.74, 6) is 0.0919. The fourth-order valence-electron chi connectivity index (χ4n) is 4.74. The summed E-state index contributed by atoms with van der Waals surface area (Å²) in [5, 5.41) is 14.9. The van der Waals surface area contributed by atoms with Gasteiger partial charge in [-0.1, -0.05) is 5.10 Å². The number of nitrogens with one attached hydrogen (secondary N) is 1. The molecule has 1 saturated carbocycles. The number of hydrogen-bond donors (Lipinski definition) is 1. The van der Waals surface area contributed by atoms with E-state index in [0.717, 1.165) is 25.8 Å². The average molecular weight is 505 g/mol. The van der Waals surface area contributed by atoms with E-state index in [0.29, 0.717) is 35.6 Å². The van der Waals surface area contributed by atoms with Crippen molar-refractivity contribution >= 4 is 17.6 Å². The summed E-state index contributed by atoms with van der Waals surface area (Å²) >= 11 is 0.